The van der Waals surface area contributed by atoms with E-state index in [0.29, 0.717) is 11.5 Å². The van der Waals surface area contributed by atoms with Crippen LogP contribution in [0.4, 0.5) is 0 Å². The van der Waals surface area contributed by atoms with Gasteiger partial charge in [-0.25, -0.2) is 9.59 Å². The van der Waals surface area contributed by atoms with E-state index in [1.54, 1.807) is 6.07 Å². The Bertz CT molecular complexity index is 1260. The molecule has 0 aromatic heterocycles. The van der Waals surface area contributed by atoms with E-state index in [1.165, 1.54) is 0 Å². The number of phenolic OH excluding ortho intramolecular Hbond substituents is 1. The number of esters is 2. The second kappa shape index (κ2) is 10.4. The molecule has 0 atom stereocenters. The summed E-state index contributed by atoms with van der Waals surface area (Å²) in [5.41, 5.74) is 6.96. The first-order valence-corrected chi connectivity index (χ1v) is 11.3. The highest BCUT2D eigenvalue weighted by Crippen LogP contribution is 2.42. The van der Waals surface area contributed by atoms with Crippen LogP contribution in [0.2, 0.25) is 0 Å². The van der Waals surface area contributed by atoms with Crippen LogP contribution < -0.4 is 9.47 Å². The standard InChI is InChI=1S/C30H30O5/c1-8-28(32)34-26-15-18(4)23(13-20(26)6)30(22-11-10-17(3)12-25(22)31)24-14-21(7)27(16-19(24)5)35-29(33)9-2/h8-16,30-31H,1-2H2,3-7H3. The van der Waals surface area contributed by atoms with E-state index in [2.05, 4.69) is 13.2 Å². The predicted octanol–water partition coefficient (Wildman–Crippen LogP) is 6.30. The maximum Gasteiger partial charge on any atom is 0.335 e. The first-order chi connectivity index (χ1) is 16.5. The Hall–Kier alpha value is -4.12. The maximum atomic E-state index is 11.8. The molecule has 3 aromatic rings. The second-order valence-electron chi connectivity index (χ2n) is 8.69. The fourth-order valence-corrected chi connectivity index (χ4v) is 4.17. The van der Waals surface area contributed by atoms with E-state index in [9.17, 15) is 14.7 Å². The molecule has 0 saturated heterocycles. The van der Waals surface area contributed by atoms with Crippen LogP contribution in [0.15, 0.2) is 67.8 Å². The molecule has 0 radical (unpaired) electrons. The van der Waals surface area contributed by atoms with E-state index in [4.69, 9.17) is 9.47 Å². The minimum atomic E-state index is -0.524. The van der Waals surface area contributed by atoms with Gasteiger partial charge in [0.15, 0.2) is 0 Å². The van der Waals surface area contributed by atoms with E-state index in [1.807, 2.05) is 71.0 Å². The number of benzene rings is 3. The van der Waals surface area contributed by atoms with Gasteiger partial charge in [0.2, 0.25) is 0 Å². The van der Waals surface area contributed by atoms with Gasteiger partial charge < -0.3 is 14.6 Å². The lowest BCUT2D eigenvalue weighted by Gasteiger charge is -2.25. The number of carbonyl (C=O) groups is 2. The number of aromatic hydroxyl groups is 1. The Labute approximate surface area is 206 Å². The van der Waals surface area contributed by atoms with Gasteiger partial charge in [-0.3, -0.25) is 0 Å². The van der Waals surface area contributed by atoms with Crippen molar-refractivity contribution >= 4 is 11.9 Å². The van der Waals surface area contributed by atoms with Crippen molar-refractivity contribution in [3.05, 3.63) is 112 Å². The van der Waals surface area contributed by atoms with Crippen LogP contribution in [0.25, 0.3) is 0 Å². The first kappa shape index (κ1) is 25.5. The minimum Gasteiger partial charge on any atom is -0.508 e. The first-order valence-electron chi connectivity index (χ1n) is 11.3. The zero-order valence-electron chi connectivity index (χ0n) is 20.8. The second-order valence-corrected chi connectivity index (χ2v) is 8.69. The lowest BCUT2D eigenvalue weighted by atomic mass is 9.79. The third-order valence-electron chi connectivity index (χ3n) is 6.00. The average Bonchev–Trinajstić information content (AvgIpc) is 2.80. The van der Waals surface area contributed by atoms with Crippen LogP contribution in [0.3, 0.4) is 0 Å². The number of ether oxygens (including phenoxy) is 2. The van der Waals surface area contributed by atoms with Gasteiger partial charge in [0.05, 0.1) is 0 Å². The van der Waals surface area contributed by atoms with Crippen LogP contribution in [-0.4, -0.2) is 17.0 Å². The van der Waals surface area contributed by atoms with Crippen molar-refractivity contribution in [3.63, 3.8) is 0 Å². The van der Waals surface area contributed by atoms with Crippen LogP contribution in [0.5, 0.6) is 17.2 Å². The molecule has 5 heteroatoms. The number of carbonyl (C=O) groups excluding carboxylic acids is 2. The number of hydrogen-bond acceptors (Lipinski definition) is 5. The molecule has 0 aliphatic carbocycles. The number of hydrogen-bond donors (Lipinski definition) is 1. The summed E-state index contributed by atoms with van der Waals surface area (Å²) in [6, 6.07) is 13.2. The summed E-state index contributed by atoms with van der Waals surface area (Å²) >= 11 is 0. The lowest BCUT2D eigenvalue weighted by Crippen LogP contribution is -2.11. The minimum absolute atomic E-state index is 0.188. The summed E-state index contributed by atoms with van der Waals surface area (Å²) < 4.78 is 10.8. The smallest absolute Gasteiger partial charge is 0.335 e. The van der Waals surface area contributed by atoms with Crippen molar-refractivity contribution < 1.29 is 24.2 Å². The van der Waals surface area contributed by atoms with Gasteiger partial charge in [-0.05, 0) is 91.8 Å². The summed E-state index contributed by atoms with van der Waals surface area (Å²) in [6.45, 7) is 16.5. The molecule has 1 N–H and O–H groups in total. The monoisotopic (exact) mass is 470 g/mol. The fourth-order valence-electron chi connectivity index (χ4n) is 4.17. The molecule has 0 unspecified atom stereocenters. The van der Waals surface area contributed by atoms with Crippen LogP contribution >= 0.6 is 0 Å². The quantitative estimate of drug-likeness (QED) is 0.190. The lowest BCUT2D eigenvalue weighted by molar-refractivity contribution is -0.129. The van der Waals surface area contributed by atoms with E-state index in [0.717, 1.165) is 56.7 Å². The molecule has 5 nitrogen and oxygen atoms in total. The summed E-state index contributed by atoms with van der Waals surface area (Å²) in [7, 11) is 0. The van der Waals surface area contributed by atoms with Crippen molar-refractivity contribution in [1.29, 1.82) is 0 Å². The van der Waals surface area contributed by atoms with Crippen molar-refractivity contribution in [3.8, 4) is 17.2 Å². The Balaban J connectivity index is 2.25. The Morgan fingerprint density at radius 1 is 0.714 bits per heavy atom. The van der Waals surface area contributed by atoms with Crippen molar-refractivity contribution in [1.82, 2.24) is 0 Å². The van der Waals surface area contributed by atoms with Crippen molar-refractivity contribution in [2.75, 3.05) is 0 Å². The fraction of sp³-hybridized carbons (Fsp3) is 0.200. The molecule has 3 rings (SSSR count). The summed E-state index contributed by atoms with van der Waals surface area (Å²) in [5.74, 6) is -0.256. The van der Waals surface area contributed by atoms with Crippen LogP contribution in [-0.2, 0) is 9.59 Å². The van der Waals surface area contributed by atoms with Crippen LogP contribution in [0, 0.1) is 34.6 Å². The van der Waals surface area contributed by atoms with Gasteiger partial charge in [-0.15, -0.1) is 0 Å². The van der Waals surface area contributed by atoms with Gasteiger partial charge >= 0.3 is 11.9 Å². The molecule has 3 aromatic carbocycles. The number of aryl methyl sites for hydroxylation is 5. The van der Waals surface area contributed by atoms with Gasteiger partial charge in [-0.1, -0.05) is 37.4 Å². The molecule has 35 heavy (non-hydrogen) atoms. The topological polar surface area (TPSA) is 72.8 Å². The average molecular weight is 471 g/mol. The third kappa shape index (κ3) is 5.52. The van der Waals surface area contributed by atoms with E-state index < -0.39 is 11.9 Å². The Morgan fingerprint density at radius 2 is 1.17 bits per heavy atom. The molecule has 0 amide bonds. The number of phenols is 1. The zero-order chi connectivity index (χ0) is 25.9. The van der Waals surface area contributed by atoms with Crippen molar-refractivity contribution in [2.24, 2.45) is 0 Å². The van der Waals surface area contributed by atoms with Gasteiger partial charge in [0.25, 0.3) is 0 Å². The van der Waals surface area contributed by atoms with E-state index >= 15 is 0 Å². The number of rotatable bonds is 7. The van der Waals surface area contributed by atoms with E-state index in [-0.39, 0.29) is 11.7 Å². The molecule has 0 fully saturated rings. The normalized spacial score (nSPS) is 10.7. The molecule has 0 heterocycles. The molecule has 0 aliphatic heterocycles. The van der Waals surface area contributed by atoms with Gasteiger partial charge in [-0.2, -0.15) is 0 Å². The third-order valence-corrected chi connectivity index (χ3v) is 6.00. The molecule has 180 valence electrons. The molecule has 0 bridgehead atoms. The van der Waals surface area contributed by atoms with Gasteiger partial charge in [0, 0.05) is 23.6 Å². The predicted molar refractivity (Wildman–Crippen MR) is 137 cm³/mol. The molecule has 0 aliphatic rings. The molecular weight excluding hydrogens is 440 g/mol. The zero-order valence-corrected chi connectivity index (χ0v) is 20.8. The largest absolute Gasteiger partial charge is 0.508 e. The highest BCUT2D eigenvalue weighted by Gasteiger charge is 2.26. The Kier molecular flexibility index (Phi) is 7.60. The summed E-state index contributed by atoms with van der Waals surface area (Å²) in [4.78, 5) is 23.6. The highest BCUT2D eigenvalue weighted by atomic mass is 16.5. The Morgan fingerprint density at radius 3 is 1.57 bits per heavy atom. The molecule has 0 spiro atoms. The van der Waals surface area contributed by atoms with Crippen LogP contribution in [0.1, 0.15) is 50.4 Å². The van der Waals surface area contributed by atoms with Crippen molar-refractivity contribution in [2.45, 2.75) is 40.5 Å². The molecule has 0 saturated carbocycles. The summed E-state index contributed by atoms with van der Waals surface area (Å²) in [5, 5.41) is 11.0. The van der Waals surface area contributed by atoms with Gasteiger partial charge in [0.1, 0.15) is 17.2 Å². The maximum absolute atomic E-state index is 11.8. The highest BCUT2D eigenvalue weighted by molar-refractivity contribution is 5.84. The molecular formula is C30H30O5. The summed E-state index contributed by atoms with van der Waals surface area (Å²) in [6.07, 6.45) is 2.26. The SMILES string of the molecule is C=CC(=O)Oc1cc(C)c(C(c2cc(C)c(OC(=O)C=C)cc2C)c2ccc(C)cc2O)cc1C.